The molecule has 1 aliphatic rings. The Labute approximate surface area is 190 Å². The summed E-state index contributed by atoms with van der Waals surface area (Å²) in [6.45, 7) is 1.29. The summed E-state index contributed by atoms with van der Waals surface area (Å²) in [5.74, 6) is 0. The van der Waals surface area contributed by atoms with Crippen molar-refractivity contribution in [1.82, 2.24) is 9.34 Å². The number of hydrogen-bond acceptors (Lipinski definition) is 1. The van der Waals surface area contributed by atoms with Crippen LogP contribution in [0.5, 0.6) is 0 Å². The van der Waals surface area contributed by atoms with E-state index in [9.17, 15) is 4.57 Å². The molecule has 4 heteroatoms. The average molecular weight is 438 g/mol. The molecule has 0 N–H and O–H groups in total. The zero-order valence-electron chi connectivity index (χ0n) is 17.9. The fraction of sp³-hybridized carbons (Fsp3) is 0.143. The van der Waals surface area contributed by atoms with E-state index in [2.05, 4.69) is 82.1 Å². The van der Waals surface area contributed by atoms with E-state index in [4.69, 9.17) is 0 Å². The predicted octanol–water partition coefficient (Wildman–Crippen LogP) is 7.14. The van der Waals surface area contributed by atoms with Crippen LogP contribution in [-0.2, 0) is 17.7 Å². The molecule has 2 unspecified atom stereocenters. The van der Waals surface area contributed by atoms with Gasteiger partial charge in [-0.15, -0.1) is 0 Å². The third-order valence-corrected chi connectivity index (χ3v) is 7.70. The molecule has 0 radical (unpaired) electrons. The van der Waals surface area contributed by atoms with Crippen molar-refractivity contribution >= 4 is 8.10 Å². The maximum absolute atomic E-state index is 14.1. The molecule has 3 atom stereocenters. The summed E-state index contributed by atoms with van der Waals surface area (Å²) in [7, 11) is -1.75. The molecule has 1 saturated heterocycles. The highest BCUT2D eigenvalue weighted by Crippen LogP contribution is 2.59. The molecule has 0 saturated carbocycles. The molecular weight excluding hydrogens is 411 g/mol. The summed E-state index contributed by atoms with van der Waals surface area (Å²) in [4.78, 5) is 0. The minimum Gasteiger partial charge on any atom is -0.0650 e. The smallest absolute Gasteiger partial charge is 0.0650 e. The fourth-order valence-electron chi connectivity index (χ4n) is 4.55. The van der Waals surface area contributed by atoms with Gasteiger partial charge < -0.3 is 0 Å². The van der Waals surface area contributed by atoms with Gasteiger partial charge >= 0.3 is 8.10 Å². The Morgan fingerprint density at radius 2 is 0.812 bits per heavy atom. The summed E-state index contributed by atoms with van der Waals surface area (Å²) in [5, 5.41) is 0. The van der Waals surface area contributed by atoms with Gasteiger partial charge in [0.25, 0.3) is 0 Å². The molecule has 158 valence electrons. The Kier molecular flexibility index (Phi) is 6.22. The highest BCUT2D eigenvalue weighted by molar-refractivity contribution is 7.39. The van der Waals surface area contributed by atoms with Crippen molar-refractivity contribution < 1.29 is 4.57 Å². The van der Waals surface area contributed by atoms with Crippen LogP contribution < -0.4 is 0 Å². The Morgan fingerprint density at radius 1 is 0.500 bits per heavy atom. The third kappa shape index (κ3) is 4.28. The molecule has 4 aromatic carbocycles. The largest absolute Gasteiger partial charge is 0.539 e. The van der Waals surface area contributed by atoms with E-state index in [1.807, 2.05) is 48.5 Å². The van der Waals surface area contributed by atoms with Crippen molar-refractivity contribution in [2.45, 2.75) is 25.2 Å². The Morgan fingerprint density at radius 3 is 1.16 bits per heavy atom. The van der Waals surface area contributed by atoms with Crippen molar-refractivity contribution in [3.05, 3.63) is 144 Å². The minimum absolute atomic E-state index is 0.00821. The summed E-state index contributed by atoms with van der Waals surface area (Å²) in [6.07, 6.45) is 0. The van der Waals surface area contributed by atoms with Crippen molar-refractivity contribution in [3.63, 3.8) is 0 Å². The van der Waals surface area contributed by atoms with Gasteiger partial charge in [0.05, 0.1) is 13.1 Å². The lowest BCUT2D eigenvalue weighted by atomic mass is 9.92. The molecule has 0 aromatic heterocycles. The normalized spacial score (nSPS) is 20.4. The van der Waals surface area contributed by atoms with Crippen molar-refractivity contribution in [3.8, 4) is 0 Å². The van der Waals surface area contributed by atoms with Crippen molar-refractivity contribution in [1.29, 1.82) is 0 Å². The van der Waals surface area contributed by atoms with Gasteiger partial charge in [0.15, 0.2) is 0 Å². The molecule has 1 aliphatic heterocycles. The highest BCUT2D eigenvalue weighted by atomic mass is 31.1. The summed E-state index contributed by atoms with van der Waals surface area (Å²) in [6, 6.07) is 41.7. The molecule has 0 aliphatic carbocycles. The summed E-state index contributed by atoms with van der Waals surface area (Å²) < 4.78 is 18.4. The summed E-state index contributed by atoms with van der Waals surface area (Å²) in [5.41, 5.74) is 4.72. The molecular formula is C28H26N2OP+. The molecule has 1 fully saturated rings. The van der Waals surface area contributed by atoms with Crippen molar-refractivity contribution in [2.24, 2.45) is 0 Å². The van der Waals surface area contributed by atoms with E-state index < -0.39 is 8.10 Å². The van der Waals surface area contributed by atoms with E-state index in [0.29, 0.717) is 13.1 Å². The van der Waals surface area contributed by atoms with Gasteiger partial charge in [-0.3, -0.25) is 0 Å². The van der Waals surface area contributed by atoms with Crippen LogP contribution in [0.1, 0.15) is 34.3 Å². The first-order valence-electron chi connectivity index (χ1n) is 11.0. The first kappa shape index (κ1) is 20.8. The quantitative estimate of drug-likeness (QED) is 0.299. The van der Waals surface area contributed by atoms with Crippen LogP contribution in [0.2, 0.25) is 0 Å². The third-order valence-electron chi connectivity index (χ3n) is 6.04. The average Bonchev–Trinajstić information content (AvgIpc) is 3.12. The number of nitrogens with zero attached hydrogens (tertiary/aromatic N) is 2. The predicted molar refractivity (Wildman–Crippen MR) is 130 cm³/mol. The van der Waals surface area contributed by atoms with Gasteiger partial charge in [-0.1, -0.05) is 131 Å². The van der Waals surface area contributed by atoms with Crippen LogP contribution in [0.15, 0.2) is 121 Å². The SMILES string of the molecule is O=[P+]1N(Cc2ccccc2)C(c2ccccc2)[C@@H](c2ccccc2)N1Cc1ccccc1. The zero-order valence-corrected chi connectivity index (χ0v) is 18.8. The van der Waals surface area contributed by atoms with Crippen molar-refractivity contribution in [2.75, 3.05) is 0 Å². The monoisotopic (exact) mass is 437 g/mol. The molecule has 0 spiro atoms. The maximum atomic E-state index is 14.1. The Hall–Kier alpha value is -3.10. The van der Waals surface area contributed by atoms with Gasteiger partial charge in [0.1, 0.15) is 12.1 Å². The first-order chi connectivity index (χ1) is 15.8. The Balaban J connectivity index is 1.61. The van der Waals surface area contributed by atoms with Crippen LogP contribution in [-0.4, -0.2) is 9.34 Å². The van der Waals surface area contributed by atoms with E-state index >= 15 is 0 Å². The molecule has 4 aromatic rings. The topological polar surface area (TPSA) is 23.6 Å². The van der Waals surface area contributed by atoms with E-state index in [1.54, 1.807) is 0 Å². The lowest BCUT2D eigenvalue weighted by Gasteiger charge is -2.23. The second kappa shape index (κ2) is 9.58. The van der Waals surface area contributed by atoms with E-state index in [1.165, 1.54) is 22.3 Å². The van der Waals surface area contributed by atoms with Crippen LogP contribution in [0, 0.1) is 0 Å². The van der Waals surface area contributed by atoms with Crippen LogP contribution >= 0.6 is 8.10 Å². The number of hydrogen-bond donors (Lipinski definition) is 0. The standard InChI is InChI=1S/C28H26N2OP/c31-32-29(21-23-13-5-1-6-14-23)27(25-17-9-3-10-18-25)28(26-19-11-4-12-20-26)30(32)22-24-15-7-2-8-16-24/h1-20,27-28H,21-22H2/q+1/t27-,28?/m1/s1. The lowest BCUT2D eigenvalue weighted by molar-refractivity contribution is 0.263. The first-order valence-corrected chi connectivity index (χ1v) is 12.2. The highest BCUT2D eigenvalue weighted by Gasteiger charge is 2.58. The van der Waals surface area contributed by atoms with Gasteiger partial charge in [-0.25, -0.2) is 0 Å². The molecule has 0 amide bonds. The van der Waals surface area contributed by atoms with Gasteiger partial charge in [-0.2, -0.15) is 0 Å². The molecule has 32 heavy (non-hydrogen) atoms. The molecule has 3 nitrogen and oxygen atoms in total. The van der Waals surface area contributed by atoms with Gasteiger partial charge in [0.2, 0.25) is 0 Å². The maximum Gasteiger partial charge on any atom is 0.539 e. The zero-order chi connectivity index (χ0) is 21.8. The number of rotatable bonds is 6. The van der Waals surface area contributed by atoms with Gasteiger partial charge in [-0.05, 0) is 26.8 Å². The van der Waals surface area contributed by atoms with E-state index in [-0.39, 0.29) is 12.1 Å². The van der Waals surface area contributed by atoms with Crippen LogP contribution in [0.4, 0.5) is 0 Å². The van der Waals surface area contributed by atoms with Gasteiger partial charge in [0, 0.05) is 0 Å². The molecule has 0 bridgehead atoms. The van der Waals surface area contributed by atoms with Crippen LogP contribution in [0.25, 0.3) is 0 Å². The summed E-state index contributed by atoms with van der Waals surface area (Å²) >= 11 is 0. The fourth-order valence-corrected chi connectivity index (χ4v) is 6.36. The second-order valence-corrected chi connectivity index (χ2v) is 9.66. The second-order valence-electron chi connectivity index (χ2n) is 8.13. The number of benzene rings is 4. The Bertz CT molecular complexity index is 1060. The van der Waals surface area contributed by atoms with E-state index in [0.717, 1.165) is 0 Å². The molecule has 5 rings (SSSR count). The lowest BCUT2D eigenvalue weighted by Crippen LogP contribution is -2.24. The van der Waals surface area contributed by atoms with Crippen LogP contribution in [0.3, 0.4) is 0 Å². The molecule has 1 heterocycles. The minimum atomic E-state index is -1.75.